The van der Waals surface area contributed by atoms with E-state index in [4.69, 9.17) is 10.5 Å². The van der Waals surface area contributed by atoms with Crippen molar-refractivity contribution in [1.82, 2.24) is 20.9 Å². The van der Waals surface area contributed by atoms with E-state index < -0.39 is 29.9 Å². The first kappa shape index (κ1) is 31.7. The molecular weight excluding hydrogens is 524 g/mol. The minimum absolute atomic E-state index is 0.0964. The summed E-state index contributed by atoms with van der Waals surface area (Å²) in [6, 6.07) is 4.40. The van der Waals surface area contributed by atoms with Gasteiger partial charge in [0.05, 0.1) is 0 Å². The van der Waals surface area contributed by atoms with Crippen LogP contribution >= 0.6 is 12.6 Å². The third-order valence-electron chi connectivity index (χ3n) is 6.22. The summed E-state index contributed by atoms with van der Waals surface area (Å²) in [7, 11) is 0. The molecule has 2 rings (SSSR count). The molecule has 1 unspecified atom stereocenters. The number of urea groups is 1. The van der Waals surface area contributed by atoms with Crippen LogP contribution in [0.3, 0.4) is 0 Å². The van der Waals surface area contributed by atoms with Crippen molar-refractivity contribution in [3.63, 3.8) is 0 Å². The average Bonchev–Trinajstić information content (AvgIpc) is 2.88. The second-order valence-corrected chi connectivity index (χ2v) is 10.6. The van der Waals surface area contributed by atoms with Crippen molar-refractivity contribution in [3.8, 4) is 0 Å². The Bertz CT molecular complexity index is 997. The molecule has 12 nitrogen and oxygen atoms in total. The van der Waals surface area contributed by atoms with Gasteiger partial charge >= 0.3 is 12.1 Å². The highest BCUT2D eigenvalue weighted by Crippen LogP contribution is 2.17. The van der Waals surface area contributed by atoms with E-state index in [1.54, 1.807) is 43.0 Å². The predicted molar refractivity (Wildman–Crippen MR) is 150 cm³/mol. The van der Waals surface area contributed by atoms with E-state index >= 15 is 0 Å². The molecule has 216 valence electrons. The Balaban J connectivity index is 1.97. The summed E-state index contributed by atoms with van der Waals surface area (Å²) in [6.07, 6.45) is 1.91. The Morgan fingerprint density at radius 1 is 1.05 bits per heavy atom. The summed E-state index contributed by atoms with van der Waals surface area (Å²) in [6.45, 7) is 6.46. The van der Waals surface area contributed by atoms with E-state index in [0.29, 0.717) is 30.4 Å². The van der Waals surface area contributed by atoms with Crippen LogP contribution in [-0.2, 0) is 25.7 Å². The molecule has 1 aliphatic rings. The van der Waals surface area contributed by atoms with Gasteiger partial charge in [0.1, 0.15) is 18.7 Å². The lowest BCUT2D eigenvalue weighted by Crippen LogP contribution is -2.54. The van der Waals surface area contributed by atoms with Gasteiger partial charge in [0.2, 0.25) is 17.7 Å². The highest BCUT2D eigenvalue weighted by molar-refractivity contribution is 7.80. The zero-order valence-corrected chi connectivity index (χ0v) is 23.6. The molecule has 1 aliphatic heterocycles. The van der Waals surface area contributed by atoms with Crippen molar-refractivity contribution in [2.75, 3.05) is 25.0 Å². The second-order valence-electron chi connectivity index (χ2n) is 9.88. The van der Waals surface area contributed by atoms with Gasteiger partial charge in [0.25, 0.3) is 0 Å². The Morgan fingerprint density at radius 2 is 1.69 bits per heavy atom. The molecule has 6 amide bonds. The number of nitrogens with zero attached hydrogens (tertiary/aromatic N) is 1. The summed E-state index contributed by atoms with van der Waals surface area (Å²) >= 11 is 4.43. The molecule has 39 heavy (non-hydrogen) atoms. The number of hydrogen-bond acceptors (Lipinski definition) is 7. The van der Waals surface area contributed by atoms with E-state index in [9.17, 15) is 24.0 Å². The van der Waals surface area contributed by atoms with Gasteiger partial charge in [-0.3, -0.25) is 14.4 Å². The number of piperidine rings is 1. The lowest BCUT2D eigenvalue weighted by atomic mass is 10.0. The third kappa shape index (κ3) is 11.4. The molecule has 13 heteroatoms. The van der Waals surface area contributed by atoms with Crippen LogP contribution in [0.4, 0.5) is 15.3 Å². The van der Waals surface area contributed by atoms with Gasteiger partial charge in [-0.2, -0.15) is 12.6 Å². The van der Waals surface area contributed by atoms with Gasteiger partial charge < -0.3 is 36.6 Å². The summed E-state index contributed by atoms with van der Waals surface area (Å²) in [5, 5.41) is 10.9. The van der Waals surface area contributed by atoms with Crippen LogP contribution in [-0.4, -0.2) is 71.7 Å². The summed E-state index contributed by atoms with van der Waals surface area (Å²) < 4.78 is 5.40. The second kappa shape index (κ2) is 15.8. The van der Waals surface area contributed by atoms with Crippen LogP contribution in [0.15, 0.2) is 24.3 Å². The molecule has 0 aromatic heterocycles. The third-order valence-corrected chi connectivity index (χ3v) is 6.73. The zero-order valence-electron chi connectivity index (χ0n) is 22.7. The number of nitrogens with two attached hydrogens (primary N) is 1. The fraction of sp³-hybridized carbons (Fsp3) is 0.577. The Labute approximate surface area is 234 Å². The first-order chi connectivity index (χ1) is 18.5. The number of amides is 6. The maximum absolute atomic E-state index is 13.1. The highest BCUT2D eigenvalue weighted by atomic mass is 32.1. The van der Waals surface area contributed by atoms with E-state index in [1.165, 1.54) is 6.92 Å². The van der Waals surface area contributed by atoms with Crippen molar-refractivity contribution in [3.05, 3.63) is 29.8 Å². The molecule has 6 N–H and O–H groups in total. The lowest BCUT2D eigenvalue weighted by Gasteiger charge is -2.29. The largest absolute Gasteiger partial charge is 0.445 e. The molecule has 1 saturated heterocycles. The van der Waals surface area contributed by atoms with Gasteiger partial charge in [0.15, 0.2) is 0 Å². The van der Waals surface area contributed by atoms with E-state index in [1.807, 2.05) is 0 Å². The lowest BCUT2D eigenvalue weighted by molar-refractivity contribution is -0.131. The fourth-order valence-corrected chi connectivity index (χ4v) is 4.23. The molecule has 1 aromatic rings. The number of hydrogen-bond donors (Lipinski definition) is 6. The molecule has 0 radical (unpaired) electrons. The Morgan fingerprint density at radius 3 is 2.26 bits per heavy atom. The van der Waals surface area contributed by atoms with E-state index in [0.717, 1.165) is 18.4 Å². The molecule has 1 aromatic carbocycles. The van der Waals surface area contributed by atoms with Gasteiger partial charge in [-0.1, -0.05) is 26.0 Å². The average molecular weight is 565 g/mol. The first-order valence-corrected chi connectivity index (χ1v) is 13.6. The molecule has 0 saturated carbocycles. The maximum Gasteiger partial charge on any atom is 0.410 e. The maximum atomic E-state index is 13.1. The van der Waals surface area contributed by atoms with E-state index in [-0.39, 0.29) is 37.5 Å². The smallest absolute Gasteiger partial charge is 0.410 e. The van der Waals surface area contributed by atoms with Crippen LogP contribution < -0.4 is 27.0 Å². The molecule has 0 spiro atoms. The zero-order chi connectivity index (χ0) is 28.9. The number of carbonyl (C=O) groups excluding carboxylic acids is 5. The number of nitrogens with one attached hydrogen (secondary N) is 4. The Hall–Kier alpha value is -3.48. The standard InChI is InChI=1S/C26H40N6O6S/c1-16(2)22(29-17(3)33)24(35)31-21(5-4-12-28-25(27)36)23(34)30-19-8-6-18(7-9-19)15-38-26(37)32-13-10-20(39)11-14-32/h6-9,16,20-22,39H,4-5,10-15H2,1-3H3,(H,29,33)(H,30,34)(H,31,35)(H3,27,28,36)/t21-,22?/m0/s1. The molecule has 0 bridgehead atoms. The quantitative estimate of drug-likeness (QED) is 0.167. The summed E-state index contributed by atoms with van der Waals surface area (Å²) in [5.41, 5.74) is 6.33. The first-order valence-electron chi connectivity index (χ1n) is 13.1. The van der Waals surface area contributed by atoms with Crippen LogP contribution in [0.25, 0.3) is 0 Å². The van der Waals surface area contributed by atoms with Crippen molar-refractivity contribution in [1.29, 1.82) is 0 Å². The highest BCUT2D eigenvalue weighted by Gasteiger charge is 2.28. The normalized spacial score (nSPS) is 15.2. The number of benzene rings is 1. The van der Waals surface area contributed by atoms with Crippen LogP contribution in [0, 0.1) is 5.92 Å². The van der Waals surface area contributed by atoms with Gasteiger partial charge in [-0.05, 0) is 49.3 Å². The number of ether oxygens (including phenoxy) is 1. The molecule has 0 aliphatic carbocycles. The van der Waals surface area contributed by atoms with Crippen molar-refractivity contribution in [2.24, 2.45) is 11.7 Å². The van der Waals surface area contributed by atoms with Gasteiger partial charge in [-0.25, -0.2) is 9.59 Å². The number of rotatable bonds is 12. The number of primary amides is 1. The summed E-state index contributed by atoms with van der Waals surface area (Å²) in [4.78, 5) is 62.4. The Kier molecular flexibility index (Phi) is 12.9. The topological polar surface area (TPSA) is 172 Å². The number of carbonyl (C=O) groups is 5. The molecular formula is C26H40N6O6S. The van der Waals surface area contributed by atoms with Crippen LogP contribution in [0.1, 0.15) is 52.0 Å². The minimum atomic E-state index is -0.927. The minimum Gasteiger partial charge on any atom is -0.445 e. The van der Waals surface area contributed by atoms with Crippen molar-refractivity contribution in [2.45, 2.75) is 70.4 Å². The number of thiol groups is 1. The van der Waals surface area contributed by atoms with Gasteiger partial charge in [0, 0.05) is 37.5 Å². The molecule has 1 fully saturated rings. The summed E-state index contributed by atoms with van der Waals surface area (Å²) in [5.74, 6) is -1.51. The van der Waals surface area contributed by atoms with Crippen LogP contribution in [0.5, 0.6) is 0 Å². The fourth-order valence-electron chi connectivity index (χ4n) is 4.00. The number of anilines is 1. The van der Waals surface area contributed by atoms with E-state index in [2.05, 4.69) is 33.9 Å². The molecule has 1 heterocycles. The van der Waals surface area contributed by atoms with Crippen molar-refractivity contribution < 1.29 is 28.7 Å². The monoisotopic (exact) mass is 564 g/mol. The SMILES string of the molecule is CC(=O)NC(C(=O)N[C@@H](CCCNC(N)=O)C(=O)Nc1ccc(COC(=O)N2CCC(S)CC2)cc1)C(C)C. The van der Waals surface area contributed by atoms with Crippen molar-refractivity contribution >= 4 is 48.2 Å². The predicted octanol–water partition coefficient (Wildman–Crippen LogP) is 1.75. The number of likely N-dealkylation sites (tertiary alicyclic amines) is 1. The van der Waals surface area contributed by atoms with Gasteiger partial charge in [-0.15, -0.1) is 0 Å². The van der Waals surface area contributed by atoms with Crippen LogP contribution in [0.2, 0.25) is 0 Å². The molecule has 2 atom stereocenters.